The van der Waals surface area contributed by atoms with Crippen molar-refractivity contribution < 1.29 is 17.7 Å². The summed E-state index contributed by atoms with van der Waals surface area (Å²) < 4.78 is 33.7. The van der Waals surface area contributed by atoms with Crippen molar-refractivity contribution in [1.82, 2.24) is 24.6 Å². The molecule has 27 heavy (non-hydrogen) atoms. The first-order chi connectivity index (χ1) is 12.8. The highest BCUT2D eigenvalue weighted by Gasteiger charge is 2.28. The molecule has 1 amide bonds. The summed E-state index contributed by atoms with van der Waals surface area (Å²) in [7, 11) is -3.95. The van der Waals surface area contributed by atoms with Crippen molar-refractivity contribution in [3.63, 3.8) is 0 Å². The molecule has 0 aliphatic rings. The first-order valence-electron chi connectivity index (χ1n) is 8.00. The van der Waals surface area contributed by atoms with Gasteiger partial charge in [0.05, 0.1) is 17.9 Å². The number of hydrogen-bond donors (Lipinski definition) is 2. The minimum Gasteiger partial charge on any atom is -0.360 e. The predicted molar refractivity (Wildman–Crippen MR) is 95.7 cm³/mol. The Hall–Kier alpha value is -3.05. The lowest BCUT2D eigenvalue weighted by Gasteiger charge is -2.14. The number of sulfonamides is 1. The van der Waals surface area contributed by atoms with Crippen molar-refractivity contribution in [2.75, 3.05) is 5.32 Å². The van der Waals surface area contributed by atoms with E-state index in [2.05, 4.69) is 25.3 Å². The highest BCUT2D eigenvalue weighted by atomic mass is 32.2. The molecule has 11 heteroatoms. The molecule has 0 radical (unpaired) electrons. The third kappa shape index (κ3) is 4.04. The Morgan fingerprint density at radius 3 is 2.63 bits per heavy atom. The van der Waals surface area contributed by atoms with Gasteiger partial charge in [-0.3, -0.25) is 4.79 Å². The van der Waals surface area contributed by atoms with Gasteiger partial charge in [-0.25, -0.2) is 18.1 Å². The molecule has 0 bridgehead atoms. The molecule has 0 aromatic carbocycles. The van der Waals surface area contributed by atoms with E-state index in [0.29, 0.717) is 11.5 Å². The fourth-order valence-corrected chi connectivity index (χ4v) is 3.99. The van der Waals surface area contributed by atoms with E-state index in [4.69, 9.17) is 4.52 Å². The number of anilines is 1. The Balaban J connectivity index is 1.67. The van der Waals surface area contributed by atoms with E-state index < -0.39 is 22.0 Å². The van der Waals surface area contributed by atoms with E-state index in [9.17, 15) is 13.2 Å². The van der Waals surface area contributed by atoms with Crippen LogP contribution in [0.4, 0.5) is 5.69 Å². The average Bonchev–Trinajstić information content (AvgIpc) is 3.25. The number of aromatic nitrogens is 4. The number of rotatable bonds is 6. The van der Waals surface area contributed by atoms with Crippen molar-refractivity contribution in [2.24, 2.45) is 0 Å². The number of hydrogen-bond acceptors (Lipinski definition) is 7. The number of nitrogens with one attached hydrogen (secondary N) is 2. The smallest absolute Gasteiger partial charge is 0.246 e. The first-order valence-corrected chi connectivity index (χ1v) is 9.48. The SMILES string of the molecule is Cc1noc(C)c1S(=O)(=O)N[C@@H](C)C(=O)Nc1ccc(-n2cccn2)nc1. The van der Waals surface area contributed by atoms with Gasteiger partial charge in [0, 0.05) is 12.4 Å². The number of carbonyl (C=O) groups is 1. The van der Waals surface area contributed by atoms with Crippen LogP contribution in [0, 0.1) is 13.8 Å². The Bertz CT molecular complexity index is 1020. The molecule has 0 spiro atoms. The summed E-state index contributed by atoms with van der Waals surface area (Å²) in [6, 6.07) is 4.08. The van der Waals surface area contributed by atoms with Gasteiger partial charge in [-0.05, 0) is 39.0 Å². The first kappa shape index (κ1) is 18.7. The zero-order chi connectivity index (χ0) is 19.6. The molecule has 0 aliphatic carbocycles. The number of carbonyl (C=O) groups excluding carboxylic acids is 1. The van der Waals surface area contributed by atoms with Crippen LogP contribution in [0.3, 0.4) is 0 Å². The third-order valence-corrected chi connectivity index (χ3v) is 5.50. The average molecular weight is 390 g/mol. The predicted octanol–water partition coefficient (Wildman–Crippen LogP) is 1.18. The van der Waals surface area contributed by atoms with Crippen molar-refractivity contribution in [2.45, 2.75) is 31.7 Å². The van der Waals surface area contributed by atoms with Crippen molar-refractivity contribution in [3.05, 3.63) is 48.2 Å². The van der Waals surface area contributed by atoms with E-state index in [1.807, 2.05) is 0 Å². The second-order valence-electron chi connectivity index (χ2n) is 5.84. The Morgan fingerprint density at radius 1 is 1.30 bits per heavy atom. The quantitative estimate of drug-likeness (QED) is 0.646. The summed E-state index contributed by atoms with van der Waals surface area (Å²) in [5.41, 5.74) is 0.658. The van der Waals surface area contributed by atoms with Gasteiger partial charge < -0.3 is 9.84 Å². The van der Waals surface area contributed by atoms with E-state index in [1.165, 1.54) is 27.0 Å². The largest absolute Gasteiger partial charge is 0.360 e. The van der Waals surface area contributed by atoms with Gasteiger partial charge in [-0.1, -0.05) is 5.16 Å². The molecule has 2 N–H and O–H groups in total. The molecule has 3 aromatic rings. The molecule has 3 rings (SSSR count). The molecule has 0 unspecified atom stereocenters. The summed E-state index contributed by atoms with van der Waals surface area (Å²) >= 11 is 0. The van der Waals surface area contributed by atoms with Crippen molar-refractivity contribution in [3.8, 4) is 5.82 Å². The summed E-state index contributed by atoms with van der Waals surface area (Å²) in [4.78, 5) is 16.5. The standard InChI is InChI=1S/C16H18N6O4S/c1-10-15(12(3)26-20-10)27(24,25)21-11(2)16(23)19-13-5-6-14(17-9-13)22-8-4-7-18-22/h4-9,11,21H,1-3H3,(H,19,23)/t11-/m0/s1. The molecule has 0 saturated carbocycles. The fourth-order valence-electron chi connectivity index (χ4n) is 2.45. The van der Waals surface area contributed by atoms with E-state index >= 15 is 0 Å². The molecule has 0 saturated heterocycles. The lowest BCUT2D eigenvalue weighted by atomic mass is 10.3. The Labute approximate surface area is 155 Å². The van der Waals surface area contributed by atoms with Crippen LogP contribution in [0.25, 0.3) is 5.82 Å². The van der Waals surface area contributed by atoms with Crippen molar-refractivity contribution in [1.29, 1.82) is 0 Å². The molecule has 10 nitrogen and oxygen atoms in total. The molecule has 0 fully saturated rings. The molecule has 3 aromatic heterocycles. The molecule has 1 atom stereocenters. The normalized spacial score (nSPS) is 12.7. The topological polar surface area (TPSA) is 132 Å². The van der Waals surface area contributed by atoms with Crippen LogP contribution >= 0.6 is 0 Å². The van der Waals surface area contributed by atoms with E-state index in [0.717, 1.165) is 0 Å². The van der Waals surface area contributed by atoms with Crippen LogP contribution in [0.2, 0.25) is 0 Å². The van der Waals surface area contributed by atoms with Crippen molar-refractivity contribution >= 4 is 21.6 Å². The number of pyridine rings is 1. The summed E-state index contributed by atoms with van der Waals surface area (Å²) in [6.45, 7) is 4.45. The van der Waals surface area contributed by atoms with Crippen LogP contribution in [0.5, 0.6) is 0 Å². The fraction of sp³-hybridized carbons (Fsp3) is 0.250. The lowest BCUT2D eigenvalue weighted by molar-refractivity contribution is -0.117. The van der Waals surface area contributed by atoms with Crippen LogP contribution in [-0.4, -0.2) is 40.3 Å². The van der Waals surface area contributed by atoms with Gasteiger partial charge in [0.2, 0.25) is 15.9 Å². The lowest BCUT2D eigenvalue weighted by Crippen LogP contribution is -2.41. The van der Waals surface area contributed by atoms with E-state index in [1.54, 1.807) is 35.3 Å². The number of amides is 1. The number of nitrogens with zero attached hydrogens (tertiary/aromatic N) is 4. The second-order valence-corrected chi connectivity index (χ2v) is 7.49. The zero-order valence-electron chi connectivity index (χ0n) is 14.9. The van der Waals surface area contributed by atoms with Gasteiger partial charge >= 0.3 is 0 Å². The van der Waals surface area contributed by atoms with Crippen LogP contribution in [0.15, 0.2) is 46.2 Å². The highest BCUT2D eigenvalue weighted by molar-refractivity contribution is 7.89. The number of aryl methyl sites for hydroxylation is 2. The van der Waals surface area contributed by atoms with Crippen LogP contribution in [-0.2, 0) is 14.8 Å². The monoisotopic (exact) mass is 390 g/mol. The van der Waals surface area contributed by atoms with Gasteiger partial charge in [0.1, 0.15) is 10.6 Å². The van der Waals surface area contributed by atoms with Crippen LogP contribution < -0.4 is 10.0 Å². The van der Waals surface area contributed by atoms with Gasteiger partial charge in [0.25, 0.3) is 0 Å². The molecular weight excluding hydrogens is 372 g/mol. The summed E-state index contributed by atoms with van der Waals surface area (Å²) in [5.74, 6) is 0.218. The maximum absolute atomic E-state index is 12.5. The third-order valence-electron chi connectivity index (χ3n) is 3.72. The second kappa shape index (κ2) is 7.29. The maximum Gasteiger partial charge on any atom is 0.246 e. The van der Waals surface area contributed by atoms with Gasteiger partial charge in [0.15, 0.2) is 11.6 Å². The van der Waals surface area contributed by atoms with Gasteiger partial charge in [-0.2, -0.15) is 9.82 Å². The Morgan fingerprint density at radius 2 is 2.07 bits per heavy atom. The molecular formula is C16H18N6O4S. The van der Waals surface area contributed by atoms with Gasteiger partial charge in [-0.15, -0.1) is 0 Å². The minimum absolute atomic E-state index is 0.0626. The summed E-state index contributed by atoms with van der Waals surface area (Å²) in [5, 5.41) is 10.3. The maximum atomic E-state index is 12.5. The molecule has 3 heterocycles. The minimum atomic E-state index is -3.95. The molecule has 0 aliphatic heterocycles. The van der Waals surface area contributed by atoms with Crippen LogP contribution in [0.1, 0.15) is 18.4 Å². The van der Waals surface area contributed by atoms with E-state index in [-0.39, 0.29) is 16.3 Å². The summed E-state index contributed by atoms with van der Waals surface area (Å²) in [6.07, 6.45) is 4.83. The molecule has 142 valence electrons. The Kier molecular flexibility index (Phi) is 5.06. The highest BCUT2D eigenvalue weighted by Crippen LogP contribution is 2.19. The zero-order valence-corrected chi connectivity index (χ0v) is 15.7.